The van der Waals surface area contributed by atoms with Gasteiger partial charge in [0.1, 0.15) is 17.5 Å². The van der Waals surface area contributed by atoms with E-state index in [1.807, 2.05) is 18.2 Å². The Balaban J connectivity index is 1.93. The number of thioether (sulfide) groups is 1. The summed E-state index contributed by atoms with van der Waals surface area (Å²) >= 11 is 1.58. The highest BCUT2D eigenvalue weighted by atomic mass is 32.2. The number of anilines is 1. The fourth-order valence-corrected chi connectivity index (χ4v) is 4.22. The van der Waals surface area contributed by atoms with Gasteiger partial charge in [-0.15, -0.1) is 5.10 Å². The fraction of sp³-hybridized carbons (Fsp3) is 0.421. The van der Waals surface area contributed by atoms with E-state index in [0.29, 0.717) is 29.0 Å². The predicted molar refractivity (Wildman–Crippen MR) is 104 cm³/mol. The van der Waals surface area contributed by atoms with E-state index in [1.165, 1.54) is 0 Å². The second kappa shape index (κ2) is 7.26. The van der Waals surface area contributed by atoms with E-state index < -0.39 is 0 Å². The summed E-state index contributed by atoms with van der Waals surface area (Å²) in [5, 5.41) is 8.71. The van der Waals surface area contributed by atoms with Crippen LogP contribution < -0.4 is 14.8 Å². The van der Waals surface area contributed by atoms with Gasteiger partial charge in [-0.05, 0) is 36.8 Å². The van der Waals surface area contributed by atoms with Crippen molar-refractivity contribution in [2.75, 3.05) is 25.3 Å². The quantitative estimate of drug-likeness (QED) is 0.789. The zero-order valence-electron chi connectivity index (χ0n) is 15.6. The van der Waals surface area contributed by atoms with Crippen LogP contribution in [0.1, 0.15) is 37.8 Å². The molecule has 2 aliphatic rings. The topological polar surface area (TPSA) is 78.3 Å². The number of nitrogens with one attached hydrogen (secondary N) is 1. The molecule has 0 unspecified atom stereocenters. The molecule has 27 heavy (non-hydrogen) atoms. The average Bonchev–Trinajstić information content (AvgIpc) is 3.08. The van der Waals surface area contributed by atoms with Gasteiger partial charge in [-0.2, -0.15) is 4.98 Å². The number of methoxy groups -OCH3 is 2. The fourth-order valence-electron chi connectivity index (χ4n) is 3.67. The Morgan fingerprint density at radius 1 is 1.30 bits per heavy atom. The van der Waals surface area contributed by atoms with Gasteiger partial charge in [0.25, 0.3) is 0 Å². The largest absolute Gasteiger partial charge is 0.497 e. The summed E-state index contributed by atoms with van der Waals surface area (Å²) in [7, 11) is 3.26. The first-order valence-corrected chi connectivity index (χ1v) is 9.99. The third kappa shape index (κ3) is 3.07. The third-order valence-corrected chi connectivity index (χ3v) is 5.57. The van der Waals surface area contributed by atoms with Gasteiger partial charge in [0, 0.05) is 23.3 Å². The lowest BCUT2D eigenvalue weighted by Gasteiger charge is -2.32. The van der Waals surface area contributed by atoms with Gasteiger partial charge in [-0.3, -0.25) is 4.79 Å². The molecule has 0 fully saturated rings. The molecular formula is C19H22N4O3S. The maximum Gasteiger partial charge on any atom is 0.227 e. The maximum atomic E-state index is 12.9. The number of Topliss-reactive ketones (excluding diaryl/α,β-unsaturated/α-hetero) is 1. The molecule has 1 N–H and O–H groups in total. The zero-order chi connectivity index (χ0) is 19.0. The molecule has 0 spiro atoms. The highest BCUT2D eigenvalue weighted by Crippen LogP contribution is 2.44. The van der Waals surface area contributed by atoms with Crippen LogP contribution in [0, 0.1) is 0 Å². The molecule has 4 rings (SSSR count). The summed E-state index contributed by atoms with van der Waals surface area (Å²) in [6, 6.07) is 5.25. The Morgan fingerprint density at radius 2 is 2.15 bits per heavy atom. The Bertz CT molecular complexity index is 922. The predicted octanol–water partition coefficient (Wildman–Crippen LogP) is 3.43. The maximum absolute atomic E-state index is 12.9. The van der Waals surface area contributed by atoms with Crippen molar-refractivity contribution in [3.8, 4) is 11.5 Å². The molecule has 1 aliphatic carbocycles. The number of hydrogen-bond donors (Lipinski definition) is 1. The highest BCUT2D eigenvalue weighted by Gasteiger charge is 2.38. The molecule has 2 aromatic rings. The molecule has 0 saturated heterocycles. The van der Waals surface area contributed by atoms with Crippen LogP contribution in [0.3, 0.4) is 0 Å². The van der Waals surface area contributed by atoms with Crippen LogP contribution in [0.15, 0.2) is 34.6 Å². The Hall–Kier alpha value is -2.48. The second-order valence-electron chi connectivity index (χ2n) is 6.40. The summed E-state index contributed by atoms with van der Waals surface area (Å²) in [4.78, 5) is 17.5. The van der Waals surface area contributed by atoms with E-state index in [1.54, 1.807) is 30.7 Å². The van der Waals surface area contributed by atoms with Crippen molar-refractivity contribution in [2.45, 2.75) is 37.4 Å². The molecule has 1 aromatic carbocycles. The molecule has 1 atom stereocenters. The van der Waals surface area contributed by atoms with E-state index in [0.717, 1.165) is 35.4 Å². The van der Waals surface area contributed by atoms with Gasteiger partial charge in [0.05, 0.1) is 14.2 Å². The summed E-state index contributed by atoms with van der Waals surface area (Å²) in [6.45, 7) is 2.06. The molecule has 0 amide bonds. The molecule has 0 bridgehead atoms. The van der Waals surface area contributed by atoms with Crippen LogP contribution in [0.5, 0.6) is 11.5 Å². The number of carbonyl (C=O) groups is 1. The van der Waals surface area contributed by atoms with Crippen LogP contribution in [0.2, 0.25) is 0 Å². The number of aromatic nitrogens is 3. The van der Waals surface area contributed by atoms with E-state index in [-0.39, 0.29) is 11.8 Å². The van der Waals surface area contributed by atoms with Crippen molar-refractivity contribution < 1.29 is 14.3 Å². The van der Waals surface area contributed by atoms with Crippen molar-refractivity contribution in [3.05, 3.63) is 35.0 Å². The Kier molecular flexibility index (Phi) is 4.82. The van der Waals surface area contributed by atoms with Crippen LogP contribution in [-0.4, -0.2) is 40.5 Å². The van der Waals surface area contributed by atoms with Crippen molar-refractivity contribution in [1.29, 1.82) is 0 Å². The average molecular weight is 386 g/mol. The molecular weight excluding hydrogens is 364 g/mol. The van der Waals surface area contributed by atoms with Crippen LogP contribution in [-0.2, 0) is 4.79 Å². The zero-order valence-corrected chi connectivity index (χ0v) is 16.4. The molecule has 8 heteroatoms. The highest BCUT2D eigenvalue weighted by molar-refractivity contribution is 7.99. The van der Waals surface area contributed by atoms with Crippen molar-refractivity contribution in [1.82, 2.24) is 14.8 Å². The number of benzene rings is 1. The lowest BCUT2D eigenvalue weighted by atomic mass is 9.85. The first-order valence-electron chi connectivity index (χ1n) is 9.00. The molecule has 1 aromatic heterocycles. The molecule has 2 heterocycles. The standard InChI is InChI=1S/C19H22N4O3S/c1-4-27-19-21-18-20-13-6-5-7-14(24)16(13)17(23(18)22-19)12-10-11(25-2)8-9-15(12)26-3/h8-10,17H,4-7H2,1-3H3,(H,20,21,22)/t17-/m1/s1. The summed E-state index contributed by atoms with van der Waals surface area (Å²) in [5.74, 6) is 3.08. The number of nitrogens with zero attached hydrogens (tertiary/aromatic N) is 3. The first-order chi connectivity index (χ1) is 13.2. The van der Waals surface area contributed by atoms with Gasteiger partial charge in [0.2, 0.25) is 11.1 Å². The van der Waals surface area contributed by atoms with Crippen LogP contribution >= 0.6 is 11.8 Å². The normalized spacial score (nSPS) is 18.6. The van der Waals surface area contributed by atoms with E-state index >= 15 is 0 Å². The van der Waals surface area contributed by atoms with Crippen LogP contribution in [0.25, 0.3) is 0 Å². The van der Waals surface area contributed by atoms with Gasteiger partial charge in [0.15, 0.2) is 5.78 Å². The van der Waals surface area contributed by atoms with Crippen molar-refractivity contribution in [2.24, 2.45) is 0 Å². The van der Waals surface area contributed by atoms with E-state index in [4.69, 9.17) is 9.47 Å². The van der Waals surface area contributed by atoms with Crippen molar-refractivity contribution >= 4 is 23.5 Å². The van der Waals surface area contributed by atoms with Gasteiger partial charge in [-0.1, -0.05) is 18.7 Å². The summed E-state index contributed by atoms with van der Waals surface area (Å²) < 4.78 is 12.8. The number of allylic oxidation sites excluding steroid dienone is 2. The summed E-state index contributed by atoms with van der Waals surface area (Å²) in [5.41, 5.74) is 2.53. The first kappa shape index (κ1) is 17.9. The molecule has 0 radical (unpaired) electrons. The van der Waals surface area contributed by atoms with Gasteiger partial charge >= 0.3 is 0 Å². The minimum Gasteiger partial charge on any atom is -0.497 e. The Morgan fingerprint density at radius 3 is 2.89 bits per heavy atom. The smallest absolute Gasteiger partial charge is 0.227 e. The number of ketones is 1. The third-order valence-electron chi connectivity index (χ3n) is 4.85. The van der Waals surface area contributed by atoms with Crippen LogP contribution in [0.4, 0.5) is 5.95 Å². The molecule has 142 valence electrons. The minimum atomic E-state index is -0.382. The lowest BCUT2D eigenvalue weighted by Crippen LogP contribution is -2.31. The van der Waals surface area contributed by atoms with Crippen molar-refractivity contribution in [3.63, 3.8) is 0 Å². The number of hydrogen-bond acceptors (Lipinski definition) is 7. The number of ether oxygens (including phenoxy) is 2. The second-order valence-corrected chi connectivity index (χ2v) is 7.63. The van der Waals surface area contributed by atoms with Gasteiger partial charge < -0.3 is 14.8 Å². The van der Waals surface area contributed by atoms with E-state index in [9.17, 15) is 4.79 Å². The molecule has 7 nitrogen and oxygen atoms in total. The number of rotatable bonds is 5. The molecule has 1 aliphatic heterocycles. The lowest BCUT2D eigenvalue weighted by molar-refractivity contribution is -0.116. The minimum absolute atomic E-state index is 0.143. The number of fused-ring (bicyclic) bond motifs is 1. The van der Waals surface area contributed by atoms with E-state index in [2.05, 4.69) is 22.3 Å². The number of carbonyl (C=O) groups excluding carboxylic acids is 1. The monoisotopic (exact) mass is 386 g/mol. The van der Waals surface area contributed by atoms with Gasteiger partial charge in [-0.25, -0.2) is 4.68 Å². The Labute approximate surface area is 162 Å². The molecule has 0 saturated carbocycles. The SMILES string of the molecule is CCSc1nc2n(n1)[C@H](c1cc(OC)ccc1OC)C1=C(CCCC1=O)N2. The summed E-state index contributed by atoms with van der Waals surface area (Å²) in [6.07, 6.45) is 2.22.